The second kappa shape index (κ2) is 18.6. The molecule has 0 saturated carbocycles. The molecule has 0 N–H and O–H groups in total. The van der Waals surface area contributed by atoms with Gasteiger partial charge in [0.05, 0.1) is 22.1 Å². The fourth-order valence-corrected chi connectivity index (χ4v) is 9.64. The summed E-state index contributed by atoms with van der Waals surface area (Å²) in [6, 6.07) is 67.2. The molecule has 10 aromatic carbocycles. The van der Waals surface area contributed by atoms with E-state index in [1.54, 1.807) is 18.2 Å². The van der Waals surface area contributed by atoms with E-state index in [1.165, 1.54) is 68.8 Å². The van der Waals surface area contributed by atoms with E-state index in [0.717, 1.165) is 52.1 Å². The van der Waals surface area contributed by atoms with Crippen LogP contribution in [-0.2, 0) is 18.8 Å². The van der Waals surface area contributed by atoms with Crippen LogP contribution < -0.4 is 5.46 Å². The third-order valence-corrected chi connectivity index (χ3v) is 13.2. The van der Waals surface area contributed by atoms with Crippen molar-refractivity contribution in [3.8, 4) is 33.9 Å². The molecule has 12 aromatic rings. The minimum Gasteiger partial charge on any atom is -0.327 e. The van der Waals surface area contributed by atoms with E-state index < -0.39 is 0 Å². The van der Waals surface area contributed by atoms with Gasteiger partial charge in [0.25, 0.3) is 0 Å². The number of imidazole rings is 2. The van der Waals surface area contributed by atoms with E-state index >= 15 is 0 Å². The van der Waals surface area contributed by atoms with Gasteiger partial charge in [0.1, 0.15) is 11.6 Å². The maximum absolute atomic E-state index is 10.2. The van der Waals surface area contributed by atoms with Crippen LogP contribution in [0.15, 0.2) is 207 Å². The first-order valence-electron chi connectivity index (χ1n) is 22.1. The monoisotopic (exact) mass is 974 g/mol. The molecule has 2 aromatic heterocycles. The molecule has 5 nitrogen and oxygen atoms in total. The molecule has 0 aliphatic rings. The standard InChI is InChI=1S/C30H22N2.C22H15IN2.C8H7BO/c1-3-20-13-15-21(16-14-20)23-17-18-25-24-11-7-8-12-26(24)28-29(27(25)19-23)32(2)30(31-28)22-9-5-4-6-10-22;1-25-21-19-13-15(23)11-12-17(19)16-9-5-6-10-18(16)20(21)24-22(25)14-7-3-2-4-8-14;1-2-7-3-5-8(9-10)6-4-7/h3-19H,1H2,2H3;2-13H,1H3;2-6H,1H2. The molecule has 0 bridgehead atoms. The van der Waals surface area contributed by atoms with Crippen molar-refractivity contribution >= 4 is 113 Å². The van der Waals surface area contributed by atoms with E-state index in [0.29, 0.717) is 5.46 Å². The normalized spacial score (nSPS) is 11.0. The van der Waals surface area contributed by atoms with Crippen LogP contribution in [0.4, 0.5) is 0 Å². The molecule has 0 atom stereocenters. The summed E-state index contributed by atoms with van der Waals surface area (Å²) < 4.78 is 15.9. The summed E-state index contributed by atoms with van der Waals surface area (Å²) in [7, 11) is 5.07. The Kier molecular flexibility index (Phi) is 12.0. The zero-order chi connectivity index (χ0) is 46.0. The minimum atomic E-state index is 0.700. The van der Waals surface area contributed by atoms with Crippen LogP contribution in [0.1, 0.15) is 11.1 Å². The van der Waals surface area contributed by atoms with Crippen molar-refractivity contribution in [1.82, 2.24) is 19.1 Å². The molecule has 0 aliphatic carbocycles. The Morgan fingerprint density at radius 2 is 0.836 bits per heavy atom. The summed E-state index contributed by atoms with van der Waals surface area (Å²) in [5, 5.41) is 9.92. The summed E-state index contributed by atoms with van der Waals surface area (Å²) in [6.45, 7) is 7.46. The average Bonchev–Trinajstić information content (AvgIpc) is 3.94. The number of rotatable bonds is 6. The van der Waals surface area contributed by atoms with Gasteiger partial charge in [0.2, 0.25) is 0 Å². The van der Waals surface area contributed by atoms with Crippen LogP contribution in [0, 0.1) is 3.57 Å². The number of hydrogen-bond acceptors (Lipinski definition) is 3. The summed E-state index contributed by atoms with van der Waals surface area (Å²) in [6.07, 6.45) is 3.62. The second-order valence-corrected chi connectivity index (χ2v) is 17.7. The van der Waals surface area contributed by atoms with Crippen molar-refractivity contribution < 1.29 is 4.70 Å². The van der Waals surface area contributed by atoms with Crippen molar-refractivity contribution in [2.75, 3.05) is 0 Å². The number of hydrogen-bond donors (Lipinski definition) is 0. The van der Waals surface area contributed by atoms with Gasteiger partial charge in [-0.3, -0.25) is 0 Å². The van der Waals surface area contributed by atoms with Crippen LogP contribution in [0.2, 0.25) is 0 Å². The first-order valence-corrected chi connectivity index (χ1v) is 23.2. The van der Waals surface area contributed by atoms with Gasteiger partial charge in [-0.2, -0.15) is 0 Å². The van der Waals surface area contributed by atoms with E-state index in [-0.39, 0.29) is 0 Å². The minimum absolute atomic E-state index is 0.700. The molecule has 0 fully saturated rings. The maximum Gasteiger partial charge on any atom is 0.140 e. The topological polar surface area (TPSA) is 52.7 Å². The van der Waals surface area contributed by atoms with E-state index in [2.05, 4.69) is 217 Å². The second-order valence-electron chi connectivity index (χ2n) is 16.5. The third kappa shape index (κ3) is 8.17. The fraction of sp³-hybridized carbons (Fsp3) is 0.0333. The molecule has 0 aliphatic heterocycles. The fourth-order valence-electron chi connectivity index (χ4n) is 9.15. The third-order valence-electron chi connectivity index (χ3n) is 12.5. The van der Waals surface area contributed by atoms with Crippen LogP contribution in [0.5, 0.6) is 0 Å². The number of aromatic nitrogens is 4. The number of halogens is 1. The van der Waals surface area contributed by atoms with Gasteiger partial charge in [-0.05, 0) is 79.0 Å². The Labute approximate surface area is 403 Å². The zero-order valence-corrected chi connectivity index (χ0v) is 39.4. The Morgan fingerprint density at radius 1 is 0.433 bits per heavy atom. The molecule has 67 heavy (non-hydrogen) atoms. The van der Waals surface area contributed by atoms with Crippen molar-refractivity contribution in [1.29, 1.82) is 0 Å². The largest absolute Gasteiger partial charge is 0.327 e. The predicted octanol–water partition coefficient (Wildman–Crippen LogP) is 15.0. The number of benzene rings is 10. The summed E-state index contributed by atoms with van der Waals surface area (Å²) in [4.78, 5) is 10.2. The van der Waals surface area contributed by atoms with E-state index in [4.69, 9.17) is 9.97 Å². The Bertz CT molecular complexity index is 3790. The Morgan fingerprint density at radius 3 is 1.31 bits per heavy atom. The van der Waals surface area contributed by atoms with Crippen molar-refractivity contribution in [3.63, 3.8) is 0 Å². The first-order chi connectivity index (χ1) is 32.8. The summed E-state index contributed by atoms with van der Waals surface area (Å²) in [5.41, 5.74) is 12.0. The van der Waals surface area contributed by atoms with E-state index in [1.807, 2.05) is 30.3 Å². The average molecular weight is 975 g/mol. The van der Waals surface area contributed by atoms with Gasteiger partial charge >= 0.3 is 59.8 Å². The first kappa shape index (κ1) is 43.2. The Balaban J connectivity index is 0.000000133. The zero-order valence-electron chi connectivity index (χ0n) is 37.2. The van der Waals surface area contributed by atoms with Gasteiger partial charge in [0.15, 0.2) is 0 Å². The summed E-state index contributed by atoms with van der Waals surface area (Å²) >= 11 is 2.38. The molecule has 0 saturated heterocycles. The molecule has 12 rings (SSSR count). The van der Waals surface area contributed by atoms with Crippen LogP contribution in [0.25, 0.3) is 111 Å². The van der Waals surface area contributed by atoms with Gasteiger partial charge in [-0.1, -0.05) is 164 Å². The number of nitrogens with zero attached hydrogens (tertiary/aromatic N) is 4. The van der Waals surface area contributed by atoms with Gasteiger partial charge in [-0.15, -0.1) is 0 Å². The molecule has 0 radical (unpaired) electrons. The Hall–Kier alpha value is -7.75. The molecule has 7 heteroatoms. The summed E-state index contributed by atoms with van der Waals surface area (Å²) in [5.74, 6) is 1.99. The molecule has 0 unspecified atom stereocenters. The SMILES string of the molecule is C=Cc1ccc(-c2ccc3c4ccccc4c4nc(-c5ccccc5)n(C)c4c3c2)cc1.C=Cc1ccc(B=O)cc1.Cn1c(-c2ccccc2)nc2c3ccccc3c3ccc(I)cc3c21. The van der Waals surface area contributed by atoms with Crippen LogP contribution in [0.3, 0.4) is 0 Å². The number of fused-ring (bicyclic) bond motifs is 12. The molecule has 2 heterocycles. The molecular formula is C60H44BIN4O. The molecule has 0 spiro atoms. The van der Waals surface area contributed by atoms with Crippen molar-refractivity contribution in [2.24, 2.45) is 14.1 Å². The molecule has 320 valence electrons. The van der Waals surface area contributed by atoms with Crippen LogP contribution in [-0.4, -0.2) is 26.3 Å². The van der Waals surface area contributed by atoms with Crippen molar-refractivity contribution in [2.45, 2.75) is 0 Å². The maximum atomic E-state index is 10.2. The van der Waals surface area contributed by atoms with E-state index in [9.17, 15) is 4.70 Å². The van der Waals surface area contributed by atoms with Gasteiger partial charge < -0.3 is 9.13 Å². The van der Waals surface area contributed by atoms with Gasteiger partial charge in [0, 0.05) is 50.3 Å². The van der Waals surface area contributed by atoms with Gasteiger partial charge in [-0.25, -0.2) is 9.97 Å². The molecular weight excluding hydrogens is 930 g/mol. The molecule has 0 amide bonds. The van der Waals surface area contributed by atoms with Crippen molar-refractivity contribution in [3.05, 3.63) is 222 Å². The smallest absolute Gasteiger partial charge is 0.140 e. The van der Waals surface area contributed by atoms with Crippen LogP contribution >= 0.6 is 22.6 Å². The number of aryl methyl sites for hydroxylation is 2. The quantitative estimate of drug-likeness (QED) is 0.0948. The predicted molar refractivity (Wildman–Crippen MR) is 293 cm³/mol.